The van der Waals surface area contributed by atoms with E-state index < -0.39 is 71.4 Å². The summed E-state index contributed by atoms with van der Waals surface area (Å²) >= 11 is 0. The fraction of sp³-hybridized carbons (Fsp3) is 0.900. The van der Waals surface area contributed by atoms with Gasteiger partial charge in [-0.15, -0.1) is 0 Å². The minimum absolute atomic E-state index is 0.0239. The van der Waals surface area contributed by atoms with Crippen molar-refractivity contribution in [1.82, 2.24) is 0 Å². The molecule has 0 spiro atoms. The molecule has 1 saturated heterocycles. The van der Waals surface area contributed by atoms with E-state index in [1.165, 1.54) is 20.8 Å². The van der Waals surface area contributed by atoms with Gasteiger partial charge in [0.25, 0.3) is 0 Å². The van der Waals surface area contributed by atoms with Crippen LogP contribution in [-0.2, 0) is 14.3 Å². The molecule has 0 aromatic heterocycles. The molecule has 0 aromatic carbocycles. The molecule has 1 aliphatic rings. The highest BCUT2D eigenvalue weighted by atomic mass is 16.5. The Morgan fingerprint density at radius 2 is 1.33 bits per heavy atom. The van der Waals surface area contributed by atoms with Crippen molar-refractivity contribution in [3.8, 4) is 0 Å². The molecule has 0 unspecified atom stereocenters. The van der Waals surface area contributed by atoms with Crippen LogP contribution in [0.15, 0.2) is 0 Å². The molecular weight excluding hydrogens is 352 g/mol. The van der Waals surface area contributed by atoms with Gasteiger partial charge in [0, 0.05) is 17.8 Å². The quantitative estimate of drug-likeness (QED) is 0.455. The van der Waals surface area contributed by atoms with Gasteiger partial charge in [0.1, 0.15) is 11.7 Å². The average molecular weight is 389 g/mol. The molecule has 10 atom stereocenters. The number of ketones is 1. The Labute approximate surface area is 161 Å². The SMILES string of the molecule is C[C@@H]1[C@@H](O)[C@@H](C)C[C@](C)(O)C(=O)[C@H](C)[C@@H](O)[C@@H](C)[C@@H](C)OC(=O)[C@H](C)[C@H]1O. The molecule has 0 aliphatic carbocycles. The van der Waals surface area contributed by atoms with Crippen LogP contribution in [0.5, 0.6) is 0 Å². The number of hydrogen-bond acceptors (Lipinski definition) is 7. The predicted molar refractivity (Wildman–Crippen MR) is 99.6 cm³/mol. The van der Waals surface area contributed by atoms with Gasteiger partial charge in [-0.25, -0.2) is 0 Å². The summed E-state index contributed by atoms with van der Waals surface area (Å²) in [5.74, 6) is -4.61. The first-order chi connectivity index (χ1) is 12.2. The Balaban J connectivity index is 3.27. The number of Topliss-reactive ketones (excluding diaryl/α,β-unsaturated/α-hetero) is 1. The van der Waals surface area contributed by atoms with Crippen LogP contribution in [0.4, 0.5) is 0 Å². The highest BCUT2D eigenvalue weighted by molar-refractivity contribution is 5.89. The maximum Gasteiger partial charge on any atom is 0.311 e. The standard InChI is InChI=1S/C20H36O7/c1-9-8-20(7,26)18(24)12(4)16(22)10(2)14(6)27-19(25)13(5)17(23)11(3)15(9)21/h9-17,21-23,26H,8H2,1-7H3/t9-,10-,11+,12+,13+,14+,15-,16-,17-,20-/m0/s1. The molecule has 0 amide bonds. The zero-order valence-electron chi connectivity index (χ0n) is 17.4. The Kier molecular flexibility index (Phi) is 7.99. The summed E-state index contributed by atoms with van der Waals surface area (Å²) in [5.41, 5.74) is -1.74. The van der Waals surface area contributed by atoms with E-state index in [0.29, 0.717) is 0 Å². The normalized spacial score (nSPS) is 48.6. The molecule has 1 aliphatic heterocycles. The topological polar surface area (TPSA) is 124 Å². The van der Waals surface area contributed by atoms with Crippen molar-refractivity contribution < 1.29 is 34.8 Å². The van der Waals surface area contributed by atoms with Crippen LogP contribution in [0.3, 0.4) is 0 Å². The second-order valence-corrected chi connectivity index (χ2v) is 8.73. The lowest BCUT2D eigenvalue weighted by molar-refractivity contribution is -0.166. The molecule has 0 bridgehead atoms. The second-order valence-electron chi connectivity index (χ2n) is 8.73. The largest absolute Gasteiger partial charge is 0.462 e. The van der Waals surface area contributed by atoms with Crippen molar-refractivity contribution in [3.05, 3.63) is 0 Å². The van der Waals surface area contributed by atoms with Crippen LogP contribution in [0, 0.1) is 29.6 Å². The van der Waals surface area contributed by atoms with Crippen LogP contribution in [0.25, 0.3) is 0 Å². The third-order valence-electron chi connectivity index (χ3n) is 6.30. The molecular formula is C20H36O7. The molecule has 7 nitrogen and oxygen atoms in total. The minimum Gasteiger partial charge on any atom is -0.462 e. The molecule has 0 saturated carbocycles. The van der Waals surface area contributed by atoms with Gasteiger partial charge in [-0.05, 0) is 33.1 Å². The fourth-order valence-corrected chi connectivity index (χ4v) is 3.94. The summed E-state index contributed by atoms with van der Waals surface area (Å²) in [6, 6.07) is 0. The number of aliphatic hydroxyl groups is 4. The van der Waals surface area contributed by atoms with Gasteiger partial charge in [0.05, 0.1) is 24.2 Å². The number of ether oxygens (including phenoxy) is 1. The van der Waals surface area contributed by atoms with Gasteiger partial charge in [0.2, 0.25) is 0 Å². The van der Waals surface area contributed by atoms with E-state index in [-0.39, 0.29) is 6.42 Å². The maximum absolute atomic E-state index is 12.8. The Morgan fingerprint density at radius 1 is 0.852 bits per heavy atom. The molecule has 1 heterocycles. The van der Waals surface area contributed by atoms with E-state index in [1.54, 1.807) is 27.7 Å². The molecule has 0 aromatic rings. The van der Waals surface area contributed by atoms with Gasteiger partial charge in [-0.1, -0.05) is 27.7 Å². The third-order valence-corrected chi connectivity index (χ3v) is 6.30. The highest BCUT2D eigenvalue weighted by Crippen LogP contribution is 2.32. The summed E-state index contributed by atoms with van der Waals surface area (Å²) in [4.78, 5) is 25.2. The summed E-state index contributed by atoms with van der Waals surface area (Å²) in [5, 5.41) is 42.4. The number of carbonyl (C=O) groups excluding carboxylic acids is 2. The lowest BCUT2D eigenvalue weighted by Crippen LogP contribution is -2.50. The van der Waals surface area contributed by atoms with E-state index in [1.807, 2.05) is 0 Å². The first-order valence-corrected chi connectivity index (χ1v) is 9.73. The van der Waals surface area contributed by atoms with Crippen molar-refractivity contribution in [2.24, 2.45) is 29.6 Å². The van der Waals surface area contributed by atoms with E-state index in [0.717, 1.165) is 0 Å². The smallest absolute Gasteiger partial charge is 0.311 e. The van der Waals surface area contributed by atoms with Gasteiger partial charge in [-0.3, -0.25) is 9.59 Å². The van der Waals surface area contributed by atoms with E-state index in [4.69, 9.17) is 4.74 Å². The Bertz CT molecular complexity index is 532. The summed E-state index contributed by atoms with van der Waals surface area (Å²) in [6.45, 7) is 11.0. The number of cyclic esters (lactones) is 1. The van der Waals surface area contributed by atoms with Crippen molar-refractivity contribution in [3.63, 3.8) is 0 Å². The zero-order valence-corrected chi connectivity index (χ0v) is 17.4. The fourth-order valence-electron chi connectivity index (χ4n) is 3.94. The van der Waals surface area contributed by atoms with Crippen LogP contribution < -0.4 is 0 Å². The number of carbonyl (C=O) groups is 2. The summed E-state index contributed by atoms with van der Waals surface area (Å²) in [7, 11) is 0. The predicted octanol–water partition coefficient (Wildman–Crippen LogP) is 0.905. The van der Waals surface area contributed by atoms with Crippen LogP contribution in [0.2, 0.25) is 0 Å². The van der Waals surface area contributed by atoms with Crippen molar-refractivity contribution in [2.45, 2.75) is 84.9 Å². The van der Waals surface area contributed by atoms with Crippen molar-refractivity contribution in [2.75, 3.05) is 0 Å². The van der Waals surface area contributed by atoms with Crippen LogP contribution >= 0.6 is 0 Å². The van der Waals surface area contributed by atoms with Crippen LogP contribution in [-0.4, -0.2) is 62.2 Å². The maximum atomic E-state index is 12.8. The second kappa shape index (κ2) is 8.99. The number of rotatable bonds is 0. The number of aliphatic hydroxyl groups excluding tert-OH is 3. The van der Waals surface area contributed by atoms with Crippen molar-refractivity contribution >= 4 is 11.8 Å². The first-order valence-electron chi connectivity index (χ1n) is 9.73. The molecule has 158 valence electrons. The first kappa shape index (κ1) is 24.0. The summed E-state index contributed by atoms with van der Waals surface area (Å²) < 4.78 is 5.39. The third kappa shape index (κ3) is 5.28. The molecule has 7 heteroatoms. The van der Waals surface area contributed by atoms with Gasteiger partial charge in [-0.2, -0.15) is 0 Å². The lowest BCUT2D eigenvalue weighted by atomic mass is 9.75. The average Bonchev–Trinajstić information content (AvgIpc) is 2.61. The molecule has 4 N–H and O–H groups in total. The molecule has 1 fully saturated rings. The lowest BCUT2D eigenvalue weighted by Gasteiger charge is -2.37. The molecule has 0 radical (unpaired) electrons. The minimum atomic E-state index is -1.74. The number of hydrogen-bond donors (Lipinski definition) is 4. The molecule has 1 rings (SSSR count). The monoisotopic (exact) mass is 388 g/mol. The van der Waals surface area contributed by atoms with Gasteiger partial charge >= 0.3 is 5.97 Å². The zero-order chi connectivity index (χ0) is 21.3. The van der Waals surface area contributed by atoms with Crippen molar-refractivity contribution in [1.29, 1.82) is 0 Å². The Hall–Kier alpha value is -1.02. The van der Waals surface area contributed by atoms with E-state index in [2.05, 4.69) is 0 Å². The Morgan fingerprint density at radius 3 is 1.85 bits per heavy atom. The van der Waals surface area contributed by atoms with Crippen LogP contribution in [0.1, 0.15) is 54.9 Å². The van der Waals surface area contributed by atoms with Gasteiger partial charge in [0.15, 0.2) is 5.78 Å². The number of esters is 1. The van der Waals surface area contributed by atoms with Gasteiger partial charge < -0.3 is 25.2 Å². The van der Waals surface area contributed by atoms with E-state index in [9.17, 15) is 30.0 Å². The summed E-state index contributed by atoms with van der Waals surface area (Å²) in [6.07, 6.45) is -4.01. The molecule has 27 heavy (non-hydrogen) atoms. The van der Waals surface area contributed by atoms with E-state index >= 15 is 0 Å². The highest BCUT2D eigenvalue weighted by Gasteiger charge is 2.43.